The fraction of sp³-hybridized carbons (Fsp3) is 0.455. The zero-order valence-electron chi connectivity index (χ0n) is 10.4. The Morgan fingerprint density at radius 1 is 1.44 bits per heavy atom. The molecule has 104 valence electrons. The van der Waals surface area contributed by atoms with E-state index in [0.29, 0.717) is 6.61 Å². The predicted molar refractivity (Wildman–Crippen MR) is 73.2 cm³/mol. The van der Waals surface area contributed by atoms with Crippen molar-refractivity contribution in [1.29, 1.82) is 0 Å². The summed E-state index contributed by atoms with van der Waals surface area (Å²) in [6, 6.07) is 6.36. The van der Waals surface area contributed by atoms with Gasteiger partial charge in [0.2, 0.25) is 10.0 Å². The van der Waals surface area contributed by atoms with Gasteiger partial charge in [-0.05, 0) is 24.6 Å². The van der Waals surface area contributed by atoms with Gasteiger partial charge in [-0.25, -0.2) is 13.1 Å². The van der Waals surface area contributed by atoms with E-state index in [4.69, 9.17) is 10.5 Å². The normalized spacial score (nSPS) is 12.8. The molecule has 1 rings (SSSR count). The largest absolute Gasteiger partial charge is 0.380 e. The van der Waals surface area contributed by atoms with Crippen LogP contribution in [0.1, 0.15) is 12.5 Å². The molecule has 5 nitrogen and oxygen atoms in total. The molecule has 0 aliphatic heterocycles. The summed E-state index contributed by atoms with van der Waals surface area (Å²) >= 11 is 0. The maximum absolute atomic E-state index is 12.0. The molecule has 1 atom stereocenters. The van der Waals surface area contributed by atoms with E-state index in [9.17, 15) is 8.42 Å². The summed E-state index contributed by atoms with van der Waals surface area (Å²) in [4.78, 5) is 0.229. The second-order valence-electron chi connectivity index (χ2n) is 3.84. The quantitative estimate of drug-likeness (QED) is 0.816. The molecule has 0 aromatic heterocycles. The summed E-state index contributed by atoms with van der Waals surface area (Å²) in [5.41, 5.74) is 6.20. The summed E-state index contributed by atoms with van der Waals surface area (Å²) in [6.07, 6.45) is 0. The van der Waals surface area contributed by atoms with Crippen molar-refractivity contribution < 1.29 is 13.2 Å². The highest BCUT2D eigenvalue weighted by atomic mass is 35.5. The van der Waals surface area contributed by atoms with Crippen LogP contribution in [0.5, 0.6) is 0 Å². The Labute approximate surface area is 114 Å². The summed E-state index contributed by atoms with van der Waals surface area (Å²) in [5, 5.41) is 0. The fourth-order valence-corrected chi connectivity index (χ4v) is 2.68. The molecule has 0 heterocycles. The maximum Gasteiger partial charge on any atom is 0.240 e. The van der Waals surface area contributed by atoms with Crippen molar-refractivity contribution in [3.05, 3.63) is 29.8 Å². The Kier molecular flexibility index (Phi) is 7.42. The van der Waals surface area contributed by atoms with Crippen LogP contribution >= 0.6 is 12.4 Å². The van der Waals surface area contributed by atoms with Gasteiger partial charge in [-0.2, -0.15) is 0 Å². The van der Waals surface area contributed by atoms with E-state index >= 15 is 0 Å². The van der Waals surface area contributed by atoms with Crippen LogP contribution in [0.25, 0.3) is 0 Å². The lowest BCUT2D eigenvalue weighted by Gasteiger charge is -2.12. The summed E-state index contributed by atoms with van der Waals surface area (Å²) < 4.78 is 31.4. The highest BCUT2D eigenvalue weighted by molar-refractivity contribution is 7.89. The third-order valence-corrected chi connectivity index (χ3v) is 3.82. The summed E-state index contributed by atoms with van der Waals surface area (Å²) in [5.74, 6) is 0. The van der Waals surface area contributed by atoms with Crippen LogP contribution in [0.2, 0.25) is 0 Å². The number of methoxy groups -OCH3 is 1. The number of benzene rings is 1. The Bertz CT molecular complexity index is 465. The number of nitrogens with one attached hydrogen (secondary N) is 1. The molecule has 0 spiro atoms. The van der Waals surface area contributed by atoms with E-state index in [2.05, 4.69) is 4.72 Å². The van der Waals surface area contributed by atoms with Gasteiger partial charge in [-0.15, -0.1) is 12.4 Å². The number of hydrogen-bond donors (Lipinski definition) is 2. The van der Waals surface area contributed by atoms with Crippen molar-refractivity contribution in [2.75, 3.05) is 13.7 Å². The molecule has 0 saturated heterocycles. The number of ether oxygens (including phenoxy) is 1. The van der Waals surface area contributed by atoms with E-state index in [1.807, 2.05) is 6.07 Å². The third kappa shape index (κ3) is 4.91. The molecule has 0 fully saturated rings. The van der Waals surface area contributed by atoms with Crippen LogP contribution < -0.4 is 10.5 Å². The lowest BCUT2D eigenvalue weighted by Crippen LogP contribution is -2.37. The van der Waals surface area contributed by atoms with E-state index in [-0.39, 0.29) is 29.9 Å². The highest BCUT2D eigenvalue weighted by Gasteiger charge is 2.16. The van der Waals surface area contributed by atoms with Crippen LogP contribution in [-0.2, 0) is 21.4 Å². The van der Waals surface area contributed by atoms with E-state index in [1.165, 1.54) is 0 Å². The monoisotopic (exact) mass is 294 g/mol. The van der Waals surface area contributed by atoms with Gasteiger partial charge in [0.25, 0.3) is 0 Å². The minimum absolute atomic E-state index is 0. The van der Waals surface area contributed by atoms with Crippen molar-refractivity contribution in [2.24, 2.45) is 5.73 Å². The van der Waals surface area contributed by atoms with Gasteiger partial charge >= 0.3 is 0 Å². The lowest BCUT2D eigenvalue weighted by atomic mass is 10.2. The zero-order valence-corrected chi connectivity index (χ0v) is 12.1. The third-order valence-electron chi connectivity index (χ3n) is 2.23. The Balaban J connectivity index is 0.00000289. The van der Waals surface area contributed by atoms with Gasteiger partial charge in [0.05, 0.1) is 11.5 Å². The standard InChI is InChI=1S/C11H18N2O3S.ClH/c1-9(7-12)13-17(14,15)11-5-3-4-10(6-11)8-16-2;/h3-6,9,13H,7-8,12H2,1-2H3;1H/t9-;/m0./s1. The minimum Gasteiger partial charge on any atom is -0.380 e. The van der Waals surface area contributed by atoms with Gasteiger partial charge in [0.15, 0.2) is 0 Å². The first kappa shape index (κ1) is 17.3. The Hall–Kier alpha value is -0.660. The maximum atomic E-state index is 12.0. The van der Waals surface area contributed by atoms with Crippen molar-refractivity contribution in [3.8, 4) is 0 Å². The first-order valence-corrected chi connectivity index (χ1v) is 6.78. The molecule has 0 unspecified atom stereocenters. The lowest BCUT2D eigenvalue weighted by molar-refractivity contribution is 0.184. The van der Waals surface area contributed by atoms with Gasteiger partial charge in [-0.3, -0.25) is 0 Å². The van der Waals surface area contributed by atoms with Crippen LogP contribution in [0.15, 0.2) is 29.2 Å². The number of nitrogens with two attached hydrogens (primary N) is 1. The van der Waals surface area contributed by atoms with Gasteiger partial charge in [0.1, 0.15) is 0 Å². The van der Waals surface area contributed by atoms with Gasteiger partial charge in [0, 0.05) is 19.7 Å². The van der Waals surface area contributed by atoms with Crippen molar-refractivity contribution in [1.82, 2.24) is 4.72 Å². The number of halogens is 1. The van der Waals surface area contributed by atoms with Crippen molar-refractivity contribution in [3.63, 3.8) is 0 Å². The highest BCUT2D eigenvalue weighted by Crippen LogP contribution is 2.12. The molecule has 7 heteroatoms. The number of hydrogen-bond acceptors (Lipinski definition) is 4. The summed E-state index contributed by atoms with van der Waals surface area (Å²) in [6.45, 7) is 2.36. The molecule has 0 aliphatic carbocycles. The molecule has 3 N–H and O–H groups in total. The Morgan fingerprint density at radius 2 is 2.11 bits per heavy atom. The molecular weight excluding hydrogens is 276 g/mol. The molecule has 0 saturated carbocycles. The van der Waals surface area contributed by atoms with E-state index in [0.717, 1.165) is 5.56 Å². The molecule has 1 aromatic carbocycles. The fourth-order valence-electron chi connectivity index (χ4n) is 1.35. The number of rotatable bonds is 6. The molecule has 1 aromatic rings. The van der Waals surface area contributed by atoms with Crippen LogP contribution in [0.3, 0.4) is 0 Å². The molecule has 0 radical (unpaired) electrons. The molecule has 0 bridgehead atoms. The topological polar surface area (TPSA) is 81.4 Å². The van der Waals surface area contributed by atoms with E-state index in [1.54, 1.807) is 32.2 Å². The molecule has 18 heavy (non-hydrogen) atoms. The second kappa shape index (κ2) is 7.70. The number of sulfonamides is 1. The van der Waals surface area contributed by atoms with Gasteiger partial charge < -0.3 is 10.5 Å². The van der Waals surface area contributed by atoms with Crippen molar-refractivity contribution >= 4 is 22.4 Å². The van der Waals surface area contributed by atoms with Crippen molar-refractivity contribution in [2.45, 2.75) is 24.5 Å². The van der Waals surface area contributed by atoms with Crippen LogP contribution in [-0.4, -0.2) is 28.1 Å². The predicted octanol–water partition coefficient (Wildman–Crippen LogP) is 0.880. The SMILES string of the molecule is COCc1cccc(S(=O)(=O)N[C@@H](C)CN)c1.Cl. The molecule has 0 amide bonds. The van der Waals surface area contributed by atoms with E-state index < -0.39 is 10.0 Å². The van der Waals surface area contributed by atoms with Gasteiger partial charge in [-0.1, -0.05) is 12.1 Å². The first-order chi connectivity index (χ1) is 7.99. The average Bonchev–Trinajstić information content (AvgIpc) is 2.29. The minimum atomic E-state index is -3.50. The molecule has 0 aliphatic rings. The first-order valence-electron chi connectivity index (χ1n) is 5.30. The summed E-state index contributed by atoms with van der Waals surface area (Å²) in [7, 11) is -1.93. The molecular formula is C11H19ClN2O3S. The second-order valence-corrected chi connectivity index (χ2v) is 5.55. The Morgan fingerprint density at radius 3 is 2.67 bits per heavy atom. The smallest absolute Gasteiger partial charge is 0.240 e. The van der Waals surface area contributed by atoms with Crippen LogP contribution in [0, 0.1) is 0 Å². The zero-order chi connectivity index (χ0) is 12.9. The van der Waals surface area contributed by atoms with Crippen LogP contribution in [0.4, 0.5) is 0 Å². The average molecular weight is 295 g/mol.